The summed E-state index contributed by atoms with van der Waals surface area (Å²) in [4.78, 5) is 20.1. The Morgan fingerprint density at radius 3 is 2.57 bits per heavy atom. The van der Waals surface area contributed by atoms with E-state index in [9.17, 15) is 13.2 Å². The second-order valence-electron chi connectivity index (χ2n) is 7.48. The summed E-state index contributed by atoms with van der Waals surface area (Å²) in [7, 11) is -1.74. The molecule has 10 heteroatoms. The minimum absolute atomic E-state index is 0.102. The van der Waals surface area contributed by atoms with Crippen LogP contribution in [0, 0.1) is 0 Å². The summed E-state index contributed by atoms with van der Waals surface area (Å²) in [6.45, 7) is 5.14. The highest BCUT2D eigenvalue weighted by Crippen LogP contribution is 2.44. The summed E-state index contributed by atoms with van der Waals surface area (Å²) in [6, 6.07) is 3.12. The minimum Gasteiger partial charge on any atom is -0.483 e. The normalized spacial score (nSPS) is 18.4. The molecule has 9 nitrogen and oxygen atoms in total. The Kier molecular flexibility index (Phi) is 4.69. The standard InChI is InChI=1S/C20H22N4O5S/c1-10-11(2)29-20-16(28-10)7-18(30(5,26)27)23-19(20)14-9-24(4)15-8-21-17(6-13(14)15)22-12(3)25/h6-11H,1-5H3,(H,21,22,25). The van der Waals surface area contributed by atoms with E-state index in [2.05, 4.69) is 15.3 Å². The molecule has 1 amide bonds. The van der Waals surface area contributed by atoms with Gasteiger partial charge >= 0.3 is 0 Å². The van der Waals surface area contributed by atoms with Crippen molar-refractivity contribution in [3.05, 3.63) is 24.5 Å². The summed E-state index contributed by atoms with van der Waals surface area (Å²) >= 11 is 0. The van der Waals surface area contributed by atoms with Crippen LogP contribution >= 0.6 is 0 Å². The van der Waals surface area contributed by atoms with Crippen molar-refractivity contribution in [2.24, 2.45) is 7.05 Å². The maximum atomic E-state index is 12.3. The van der Waals surface area contributed by atoms with Crippen molar-refractivity contribution in [3.8, 4) is 22.8 Å². The van der Waals surface area contributed by atoms with Crippen LogP contribution in [-0.4, -0.2) is 47.3 Å². The average molecular weight is 430 g/mol. The third-order valence-electron chi connectivity index (χ3n) is 5.01. The van der Waals surface area contributed by atoms with E-state index in [0.717, 1.165) is 17.2 Å². The largest absolute Gasteiger partial charge is 0.483 e. The van der Waals surface area contributed by atoms with Crippen molar-refractivity contribution < 1.29 is 22.7 Å². The lowest BCUT2D eigenvalue weighted by Gasteiger charge is -2.31. The topological polar surface area (TPSA) is 112 Å². The van der Waals surface area contributed by atoms with Gasteiger partial charge in [0.1, 0.15) is 23.7 Å². The summed E-state index contributed by atoms with van der Waals surface area (Å²) in [6.07, 6.45) is 4.07. The van der Waals surface area contributed by atoms with Crippen molar-refractivity contribution in [1.82, 2.24) is 14.5 Å². The van der Waals surface area contributed by atoms with Gasteiger partial charge in [-0.3, -0.25) is 4.79 Å². The van der Waals surface area contributed by atoms with Crippen LogP contribution in [0.1, 0.15) is 20.8 Å². The average Bonchev–Trinajstić information content (AvgIpc) is 2.96. The molecule has 0 fully saturated rings. The molecule has 0 aliphatic carbocycles. The molecule has 0 radical (unpaired) electrons. The summed E-state index contributed by atoms with van der Waals surface area (Å²) in [5.41, 5.74) is 1.79. The number of amides is 1. The molecule has 4 rings (SSSR count). The number of aryl methyl sites for hydroxylation is 1. The van der Waals surface area contributed by atoms with Gasteiger partial charge in [-0.1, -0.05) is 0 Å². The zero-order valence-corrected chi connectivity index (χ0v) is 18.1. The van der Waals surface area contributed by atoms with Crippen LogP contribution in [-0.2, 0) is 21.7 Å². The minimum atomic E-state index is -3.59. The number of anilines is 1. The highest BCUT2D eigenvalue weighted by molar-refractivity contribution is 7.90. The van der Waals surface area contributed by atoms with E-state index < -0.39 is 9.84 Å². The maximum Gasteiger partial charge on any atom is 0.222 e. The zero-order valence-electron chi connectivity index (χ0n) is 17.3. The first-order valence-corrected chi connectivity index (χ1v) is 11.2. The van der Waals surface area contributed by atoms with Crippen LogP contribution in [0.4, 0.5) is 5.82 Å². The SMILES string of the molecule is CC(=O)Nc1cc2c(-c3nc(S(C)(=O)=O)cc4c3OC(C)C(C)O4)cn(C)c2cn1. The molecular formula is C20H22N4O5S. The Morgan fingerprint density at radius 1 is 1.20 bits per heavy atom. The number of hydrogen-bond donors (Lipinski definition) is 1. The van der Waals surface area contributed by atoms with Gasteiger partial charge in [0.25, 0.3) is 0 Å². The fraction of sp³-hybridized carbons (Fsp3) is 0.350. The van der Waals surface area contributed by atoms with Gasteiger partial charge in [0.15, 0.2) is 26.4 Å². The van der Waals surface area contributed by atoms with E-state index in [4.69, 9.17) is 9.47 Å². The van der Waals surface area contributed by atoms with Gasteiger partial charge in [-0.15, -0.1) is 0 Å². The quantitative estimate of drug-likeness (QED) is 0.679. The first-order valence-electron chi connectivity index (χ1n) is 9.36. The van der Waals surface area contributed by atoms with Crippen LogP contribution in [0.15, 0.2) is 29.6 Å². The van der Waals surface area contributed by atoms with Crippen LogP contribution in [0.2, 0.25) is 0 Å². The molecule has 30 heavy (non-hydrogen) atoms. The summed E-state index contributed by atoms with van der Waals surface area (Å²) in [5, 5.41) is 3.30. The number of aromatic nitrogens is 3. The second kappa shape index (κ2) is 6.98. The molecule has 2 atom stereocenters. The van der Waals surface area contributed by atoms with Crippen molar-refractivity contribution in [3.63, 3.8) is 0 Å². The van der Waals surface area contributed by atoms with E-state index in [1.54, 1.807) is 12.3 Å². The number of rotatable bonds is 3. The Hall–Kier alpha value is -3.14. The molecule has 1 aliphatic heterocycles. The highest BCUT2D eigenvalue weighted by atomic mass is 32.2. The molecule has 0 saturated carbocycles. The molecule has 0 spiro atoms. The molecule has 0 aromatic carbocycles. The van der Waals surface area contributed by atoms with Crippen LogP contribution in [0.25, 0.3) is 22.2 Å². The number of hydrogen-bond acceptors (Lipinski definition) is 7. The van der Waals surface area contributed by atoms with E-state index in [0.29, 0.717) is 28.6 Å². The van der Waals surface area contributed by atoms with E-state index in [-0.39, 0.29) is 23.1 Å². The van der Waals surface area contributed by atoms with Crippen molar-refractivity contribution in [2.75, 3.05) is 11.6 Å². The smallest absolute Gasteiger partial charge is 0.222 e. The number of ether oxygens (including phenoxy) is 2. The summed E-state index contributed by atoms with van der Waals surface area (Å²) in [5.74, 6) is 0.862. The van der Waals surface area contributed by atoms with Crippen LogP contribution in [0.3, 0.4) is 0 Å². The van der Waals surface area contributed by atoms with Crippen molar-refractivity contribution in [1.29, 1.82) is 0 Å². The lowest BCUT2D eigenvalue weighted by Crippen LogP contribution is -2.35. The molecule has 0 saturated heterocycles. The third-order valence-corrected chi connectivity index (χ3v) is 5.98. The van der Waals surface area contributed by atoms with Crippen molar-refractivity contribution >= 4 is 32.5 Å². The number of sulfone groups is 1. The van der Waals surface area contributed by atoms with Gasteiger partial charge in [0.05, 0.1) is 11.7 Å². The Balaban J connectivity index is 2.01. The molecule has 3 aromatic rings. The zero-order chi connectivity index (χ0) is 21.8. The van der Waals surface area contributed by atoms with Gasteiger partial charge in [-0.2, -0.15) is 0 Å². The first kappa shape index (κ1) is 20.1. The number of fused-ring (bicyclic) bond motifs is 2. The van der Waals surface area contributed by atoms with E-state index >= 15 is 0 Å². The molecule has 1 aliphatic rings. The molecule has 3 aromatic heterocycles. The molecule has 0 bridgehead atoms. The third kappa shape index (κ3) is 3.47. The van der Waals surface area contributed by atoms with Gasteiger partial charge < -0.3 is 19.4 Å². The predicted molar refractivity (Wildman–Crippen MR) is 112 cm³/mol. The van der Waals surface area contributed by atoms with E-state index in [1.807, 2.05) is 31.7 Å². The fourth-order valence-electron chi connectivity index (χ4n) is 3.35. The number of nitrogens with one attached hydrogen (secondary N) is 1. The second-order valence-corrected chi connectivity index (χ2v) is 9.44. The molecule has 158 valence electrons. The molecule has 2 unspecified atom stereocenters. The summed E-state index contributed by atoms with van der Waals surface area (Å²) < 4.78 is 38.4. The van der Waals surface area contributed by atoms with Gasteiger partial charge in [0, 0.05) is 43.4 Å². The lowest BCUT2D eigenvalue weighted by atomic mass is 10.1. The van der Waals surface area contributed by atoms with Gasteiger partial charge in [-0.05, 0) is 19.9 Å². The fourth-order valence-corrected chi connectivity index (χ4v) is 3.93. The van der Waals surface area contributed by atoms with Crippen LogP contribution in [0.5, 0.6) is 11.5 Å². The maximum absolute atomic E-state index is 12.3. The lowest BCUT2D eigenvalue weighted by molar-refractivity contribution is -0.114. The number of carbonyl (C=O) groups is 1. The Morgan fingerprint density at radius 2 is 1.90 bits per heavy atom. The Labute approximate surface area is 174 Å². The van der Waals surface area contributed by atoms with Gasteiger partial charge in [-0.25, -0.2) is 18.4 Å². The Bertz CT molecular complexity index is 1280. The first-order chi connectivity index (χ1) is 14.0. The monoisotopic (exact) mass is 430 g/mol. The number of nitrogens with zero attached hydrogens (tertiary/aromatic N) is 3. The molecule has 1 N–H and O–H groups in total. The van der Waals surface area contributed by atoms with Crippen molar-refractivity contribution in [2.45, 2.75) is 38.0 Å². The predicted octanol–water partition coefficient (Wildman–Crippen LogP) is 2.55. The molecular weight excluding hydrogens is 408 g/mol. The van der Waals surface area contributed by atoms with Gasteiger partial charge in [0.2, 0.25) is 5.91 Å². The number of pyridine rings is 2. The van der Waals surface area contributed by atoms with Crippen LogP contribution < -0.4 is 14.8 Å². The number of carbonyl (C=O) groups excluding carboxylic acids is 1. The highest BCUT2D eigenvalue weighted by Gasteiger charge is 2.31. The van der Waals surface area contributed by atoms with E-state index in [1.165, 1.54) is 13.0 Å². The molecule has 4 heterocycles.